The van der Waals surface area contributed by atoms with Crippen LogP contribution in [0.5, 0.6) is 0 Å². The number of nitrogens with one attached hydrogen (secondary N) is 1. The van der Waals surface area contributed by atoms with Crippen LogP contribution >= 0.6 is 0 Å². The van der Waals surface area contributed by atoms with Gasteiger partial charge in [0.1, 0.15) is 0 Å². The third-order valence-corrected chi connectivity index (χ3v) is 8.30. The highest BCUT2D eigenvalue weighted by molar-refractivity contribution is 7.90. The fourth-order valence-corrected chi connectivity index (χ4v) is 6.09. The Bertz CT molecular complexity index is 1290. The van der Waals surface area contributed by atoms with E-state index in [9.17, 15) is 8.42 Å². The van der Waals surface area contributed by atoms with E-state index in [1.54, 1.807) is 42.9 Å². The van der Waals surface area contributed by atoms with Crippen molar-refractivity contribution in [3.05, 3.63) is 66.7 Å². The van der Waals surface area contributed by atoms with Crippen LogP contribution in [0.15, 0.2) is 66.1 Å². The van der Waals surface area contributed by atoms with E-state index < -0.39 is 10.0 Å². The van der Waals surface area contributed by atoms with Crippen molar-refractivity contribution in [3.8, 4) is 11.1 Å². The summed E-state index contributed by atoms with van der Waals surface area (Å²) < 4.78 is 28.1. The molecule has 0 bridgehead atoms. The molecule has 0 radical (unpaired) electrons. The second-order valence-corrected chi connectivity index (χ2v) is 10.2. The van der Waals surface area contributed by atoms with Crippen LogP contribution in [0, 0.1) is 5.92 Å². The van der Waals surface area contributed by atoms with Crippen LogP contribution in [0.4, 0.5) is 0 Å². The molecular weight excluding hydrogens is 408 g/mol. The molecule has 0 saturated heterocycles. The minimum Gasteiger partial charge on any atom is -0.285 e. The van der Waals surface area contributed by atoms with Crippen LogP contribution in [0.25, 0.3) is 22.2 Å². The van der Waals surface area contributed by atoms with Gasteiger partial charge in [-0.1, -0.05) is 31.5 Å². The molecule has 6 nitrogen and oxygen atoms in total. The maximum Gasteiger partial charge on any atom is 0.269 e. The van der Waals surface area contributed by atoms with Crippen LogP contribution < -0.4 is 0 Å². The van der Waals surface area contributed by atoms with E-state index in [2.05, 4.69) is 28.2 Å². The van der Waals surface area contributed by atoms with Gasteiger partial charge in [0.25, 0.3) is 10.0 Å². The average molecular weight is 435 g/mol. The Morgan fingerprint density at radius 1 is 1.10 bits per heavy atom. The molecule has 4 aromatic rings. The number of rotatable bonds is 5. The van der Waals surface area contributed by atoms with Gasteiger partial charge in [0, 0.05) is 35.1 Å². The van der Waals surface area contributed by atoms with Crippen molar-refractivity contribution >= 4 is 21.1 Å². The predicted octanol–water partition coefficient (Wildman–Crippen LogP) is 5.35. The van der Waals surface area contributed by atoms with E-state index in [1.807, 2.05) is 12.3 Å². The Balaban J connectivity index is 1.64. The van der Waals surface area contributed by atoms with Crippen LogP contribution in [0.2, 0.25) is 0 Å². The number of H-pyrrole nitrogens is 1. The fraction of sp³-hybridized carbons (Fsp3) is 0.333. The Kier molecular flexibility index (Phi) is 5.14. The van der Waals surface area contributed by atoms with Gasteiger partial charge in [-0.2, -0.15) is 5.10 Å². The first-order valence-corrected chi connectivity index (χ1v) is 12.3. The van der Waals surface area contributed by atoms with Crippen molar-refractivity contribution in [1.82, 2.24) is 19.2 Å². The molecule has 0 spiro atoms. The lowest BCUT2D eigenvalue weighted by Gasteiger charge is -2.27. The van der Waals surface area contributed by atoms with Gasteiger partial charge in [-0.25, -0.2) is 17.4 Å². The maximum absolute atomic E-state index is 13.4. The lowest BCUT2D eigenvalue weighted by atomic mass is 9.78. The third kappa shape index (κ3) is 3.57. The zero-order valence-corrected chi connectivity index (χ0v) is 18.3. The highest BCUT2D eigenvalue weighted by Crippen LogP contribution is 2.39. The highest BCUT2D eigenvalue weighted by Gasteiger charge is 2.26. The Morgan fingerprint density at radius 2 is 1.87 bits per heavy atom. The standard InChI is InChI=1S/C24H26N4O2S/c1-2-17-8-10-18(11-9-17)19-12-22-23(20-14-26-27-15-20)16-28(24(22)25-13-19)31(29,30)21-6-4-3-5-7-21/h3-7,12-18H,2,8-11H2,1H3,(H,26,27). The maximum atomic E-state index is 13.4. The number of fused-ring (bicyclic) bond motifs is 1. The van der Waals surface area contributed by atoms with E-state index >= 15 is 0 Å². The molecule has 0 aliphatic heterocycles. The van der Waals surface area contributed by atoms with Crippen molar-refractivity contribution in [3.63, 3.8) is 0 Å². The lowest BCUT2D eigenvalue weighted by Crippen LogP contribution is -2.14. The van der Waals surface area contributed by atoms with Crippen molar-refractivity contribution in [2.45, 2.75) is 49.8 Å². The molecule has 0 amide bonds. The average Bonchev–Trinajstić information content (AvgIpc) is 3.47. The van der Waals surface area contributed by atoms with Crippen molar-refractivity contribution in [2.24, 2.45) is 5.92 Å². The van der Waals surface area contributed by atoms with Crippen LogP contribution in [0.1, 0.15) is 50.5 Å². The minimum atomic E-state index is -3.76. The molecule has 0 unspecified atom stereocenters. The van der Waals surface area contributed by atoms with Gasteiger partial charge in [-0.05, 0) is 61.3 Å². The summed E-state index contributed by atoms with van der Waals surface area (Å²) in [5.41, 5.74) is 3.31. The molecule has 3 aromatic heterocycles. The predicted molar refractivity (Wildman–Crippen MR) is 121 cm³/mol. The Morgan fingerprint density at radius 3 is 2.55 bits per heavy atom. The lowest BCUT2D eigenvalue weighted by molar-refractivity contribution is 0.318. The van der Waals surface area contributed by atoms with E-state index in [4.69, 9.17) is 0 Å². The second kappa shape index (κ2) is 7.96. The molecule has 3 heterocycles. The topological polar surface area (TPSA) is 80.6 Å². The fourth-order valence-electron chi connectivity index (χ4n) is 4.74. The molecule has 5 rings (SSSR count). The van der Waals surface area contributed by atoms with Crippen LogP contribution in [-0.4, -0.2) is 27.6 Å². The van der Waals surface area contributed by atoms with Crippen molar-refractivity contribution in [2.75, 3.05) is 0 Å². The number of aromatic nitrogens is 4. The first kappa shape index (κ1) is 20.0. The Hall–Kier alpha value is -2.93. The summed E-state index contributed by atoms with van der Waals surface area (Å²) >= 11 is 0. The van der Waals surface area contributed by atoms with Crippen molar-refractivity contribution < 1.29 is 8.42 Å². The summed E-state index contributed by atoms with van der Waals surface area (Å²) in [6.45, 7) is 2.27. The van der Waals surface area contributed by atoms with Gasteiger partial charge in [-0.3, -0.25) is 5.10 Å². The molecular formula is C24H26N4O2S. The summed E-state index contributed by atoms with van der Waals surface area (Å²) in [7, 11) is -3.76. The SMILES string of the molecule is CCC1CCC(c2cnc3c(c2)c(-c2cn[nH]c2)cn3S(=O)(=O)c2ccccc2)CC1. The zero-order valence-electron chi connectivity index (χ0n) is 17.5. The summed E-state index contributed by atoms with van der Waals surface area (Å²) in [6.07, 6.45) is 13.1. The first-order valence-electron chi connectivity index (χ1n) is 10.9. The molecule has 7 heteroatoms. The van der Waals surface area contributed by atoms with Gasteiger partial charge in [0.05, 0.1) is 11.1 Å². The number of nitrogens with zero attached hydrogens (tertiary/aromatic N) is 3. The van der Waals surface area contributed by atoms with E-state index in [1.165, 1.54) is 28.8 Å². The third-order valence-electron chi connectivity index (χ3n) is 6.64. The van der Waals surface area contributed by atoms with Crippen LogP contribution in [0.3, 0.4) is 0 Å². The summed E-state index contributed by atoms with van der Waals surface area (Å²) in [6, 6.07) is 10.6. The number of hydrogen-bond donors (Lipinski definition) is 1. The molecule has 1 saturated carbocycles. The zero-order chi connectivity index (χ0) is 21.4. The monoisotopic (exact) mass is 434 g/mol. The van der Waals surface area contributed by atoms with E-state index in [-0.39, 0.29) is 4.90 Å². The van der Waals surface area contributed by atoms with Gasteiger partial charge >= 0.3 is 0 Å². The molecule has 1 aromatic carbocycles. The number of pyridine rings is 1. The molecule has 0 atom stereocenters. The number of aromatic amines is 1. The summed E-state index contributed by atoms with van der Waals surface area (Å²) in [5, 5.41) is 7.74. The molecule has 1 aliphatic rings. The van der Waals surface area contributed by atoms with Crippen LogP contribution in [-0.2, 0) is 10.0 Å². The molecule has 1 aliphatic carbocycles. The molecule has 160 valence electrons. The normalized spacial score (nSPS) is 19.6. The molecule has 1 N–H and O–H groups in total. The smallest absolute Gasteiger partial charge is 0.269 e. The van der Waals surface area contributed by atoms with Gasteiger partial charge in [0.15, 0.2) is 5.65 Å². The quantitative estimate of drug-likeness (QED) is 0.459. The summed E-state index contributed by atoms with van der Waals surface area (Å²) in [4.78, 5) is 4.92. The molecule has 1 fully saturated rings. The van der Waals surface area contributed by atoms with Gasteiger partial charge in [-0.15, -0.1) is 0 Å². The van der Waals surface area contributed by atoms with Gasteiger partial charge in [0.2, 0.25) is 0 Å². The second-order valence-electron chi connectivity index (χ2n) is 8.41. The van der Waals surface area contributed by atoms with E-state index in [0.717, 1.165) is 35.3 Å². The number of hydrogen-bond acceptors (Lipinski definition) is 4. The Labute approximate surface area is 182 Å². The van der Waals surface area contributed by atoms with Crippen molar-refractivity contribution in [1.29, 1.82) is 0 Å². The first-order chi connectivity index (χ1) is 15.1. The number of benzene rings is 1. The summed E-state index contributed by atoms with van der Waals surface area (Å²) in [5.74, 6) is 1.30. The highest BCUT2D eigenvalue weighted by atomic mass is 32.2. The minimum absolute atomic E-state index is 0.245. The van der Waals surface area contributed by atoms with E-state index in [0.29, 0.717) is 11.6 Å². The largest absolute Gasteiger partial charge is 0.285 e. The van der Waals surface area contributed by atoms with Gasteiger partial charge < -0.3 is 0 Å². The molecule has 31 heavy (non-hydrogen) atoms.